The molecule has 0 unspecified atom stereocenters. The predicted octanol–water partition coefficient (Wildman–Crippen LogP) is 3.07. The monoisotopic (exact) mass is 278 g/mol. The van der Waals surface area contributed by atoms with E-state index in [2.05, 4.69) is 44.0 Å². The van der Waals surface area contributed by atoms with Crippen LogP contribution in [0.2, 0.25) is 0 Å². The first kappa shape index (κ1) is 10.4. The number of benzene rings is 1. The molecule has 1 aliphatic rings. The number of hydrogen-bond acceptors (Lipinski definition) is 1. The van der Waals surface area contributed by atoms with Crippen molar-refractivity contribution in [1.29, 1.82) is 0 Å². The topological polar surface area (TPSA) is 17.0 Å². The molecular formula is C13H15BrN2. The van der Waals surface area contributed by atoms with Gasteiger partial charge in [-0.2, -0.15) is 0 Å². The molecule has 0 atom stereocenters. The number of nitrogens with zero attached hydrogens (tertiary/aromatic N) is 1. The highest BCUT2D eigenvalue weighted by atomic mass is 79.9. The van der Waals surface area contributed by atoms with E-state index in [0.717, 1.165) is 13.1 Å². The first-order valence-electron chi connectivity index (χ1n) is 5.76. The van der Waals surface area contributed by atoms with Crippen LogP contribution in [0.5, 0.6) is 0 Å². The van der Waals surface area contributed by atoms with E-state index >= 15 is 0 Å². The van der Waals surface area contributed by atoms with Gasteiger partial charge >= 0.3 is 0 Å². The Balaban J connectivity index is 2.36. The average molecular weight is 279 g/mol. The SMILES string of the molecule is CNCc1c(Br)c2cccc3c2n1CCC3. The molecule has 3 heteroatoms. The molecule has 16 heavy (non-hydrogen) atoms. The van der Waals surface area contributed by atoms with Crippen LogP contribution in [0, 0.1) is 0 Å². The Morgan fingerprint density at radius 1 is 1.44 bits per heavy atom. The van der Waals surface area contributed by atoms with Gasteiger partial charge in [0.05, 0.1) is 5.52 Å². The molecule has 0 spiro atoms. The summed E-state index contributed by atoms with van der Waals surface area (Å²) in [5, 5.41) is 4.62. The minimum absolute atomic E-state index is 0.925. The van der Waals surface area contributed by atoms with Gasteiger partial charge in [0, 0.05) is 28.6 Å². The van der Waals surface area contributed by atoms with Crippen LogP contribution in [-0.2, 0) is 19.5 Å². The van der Waals surface area contributed by atoms with E-state index in [4.69, 9.17) is 0 Å². The van der Waals surface area contributed by atoms with Gasteiger partial charge in [0.15, 0.2) is 0 Å². The minimum Gasteiger partial charge on any atom is -0.342 e. The number of halogens is 1. The fourth-order valence-corrected chi connectivity index (χ4v) is 3.39. The normalized spacial score (nSPS) is 14.6. The molecule has 84 valence electrons. The maximum absolute atomic E-state index is 3.75. The molecule has 0 saturated heterocycles. The fourth-order valence-electron chi connectivity index (χ4n) is 2.71. The molecular weight excluding hydrogens is 264 g/mol. The zero-order valence-electron chi connectivity index (χ0n) is 9.39. The zero-order valence-corrected chi connectivity index (χ0v) is 11.0. The largest absolute Gasteiger partial charge is 0.342 e. The summed E-state index contributed by atoms with van der Waals surface area (Å²) in [6.45, 7) is 2.07. The maximum atomic E-state index is 3.75. The summed E-state index contributed by atoms with van der Waals surface area (Å²) in [6.07, 6.45) is 2.47. The Morgan fingerprint density at radius 3 is 3.12 bits per heavy atom. The van der Waals surface area contributed by atoms with E-state index in [-0.39, 0.29) is 0 Å². The molecule has 1 N–H and O–H groups in total. The van der Waals surface area contributed by atoms with E-state index in [0.29, 0.717) is 0 Å². The molecule has 2 nitrogen and oxygen atoms in total. The molecule has 0 fully saturated rings. The third kappa shape index (κ3) is 1.35. The van der Waals surface area contributed by atoms with E-state index in [1.807, 2.05) is 7.05 Å². The van der Waals surface area contributed by atoms with Crippen molar-refractivity contribution in [1.82, 2.24) is 9.88 Å². The summed E-state index contributed by atoms with van der Waals surface area (Å²) in [7, 11) is 2.00. The third-order valence-electron chi connectivity index (χ3n) is 3.38. The van der Waals surface area contributed by atoms with Crippen LogP contribution in [0.1, 0.15) is 17.7 Å². The van der Waals surface area contributed by atoms with Crippen molar-refractivity contribution in [3.8, 4) is 0 Å². The average Bonchev–Trinajstić information content (AvgIpc) is 2.58. The summed E-state index contributed by atoms with van der Waals surface area (Å²) in [6, 6.07) is 6.64. The highest BCUT2D eigenvalue weighted by molar-refractivity contribution is 9.10. The van der Waals surface area contributed by atoms with Crippen molar-refractivity contribution in [2.45, 2.75) is 25.9 Å². The summed E-state index contributed by atoms with van der Waals surface area (Å²) in [5.74, 6) is 0. The molecule has 0 radical (unpaired) electrons. The van der Waals surface area contributed by atoms with Crippen LogP contribution < -0.4 is 5.32 Å². The van der Waals surface area contributed by atoms with Crippen LogP contribution in [0.25, 0.3) is 10.9 Å². The quantitative estimate of drug-likeness (QED) is 0.894. The number of hydrogen-bond donors (Lipinski definition) is 1. The lowest BCUT2D eigenvalue weighted by atomic mass is 10.0. The predicted molar refractivity (Wildman–Crippen MR) is 70.7 cm³/mol. The highest BCUT2D eigenvalue weighted by Crippen LogP contribution is 2.35. The second-order valence-electron chi connectivity index (χ2n) is 4.36. The molecule has 1 aromatic carbocycles. The van der Waals surface area contributed by atoms with Crippen LogP contribution in [0.4, 0.5) is 0 Å². The van der Waals surface area contributed by atoms with Crippen molar-refractivity contribution >= 4 is 26.8 Å². The van der Waals surface area contributed by atoms with Gasteiger partial charge in [-0.25, -0.2) is 0 Å². The summed E-state index contributed by atoms with van der Waals surface area (Å²) >= 11 is 3.75. The molecule has 1 aromatic heterocycles. The number of rotatable bonds is 2. The summed E-state index contributed by atoms with van der Waals surface area (Å²) < 4.78 is 3.73. The van der Waals surface area contributed by atoms with Gasteiger partial charge in [-0.05, 0) is 41.4 Å². The van der Waals surface area contributed by atoms with Crippen LogP contribution in [0.15, 0.2) is 22.7 Å². The van der Waals surface area contributed by atoms with Crippen LogP contribution in [-0.4, -0.2) is 11.6 Å². The van der Waals surface area contributed by atoms with Crippen molar-refractivity contribution < 1.29 is 0 Å². The minimum atomic E-state index is 0.925. The first-order chi connectivity index (χ1) is 7.83. The molecule has 3 rings (SSSR count). The fraction of sp³-hybridized carbons (Fsp3) is 0.385. The number of para-hydroxylation sites is 1. The van der Waals surface area contributed by atoms with Crippen molar-refractivity contribution in [2.75, 3.05) is 7.05 Å². The molecule has 1 aliphatic heterocycles. The van der Waals surface area contributed by atoms with Gasteiger partial charge in [-0.3, -0.25) is 0 Å². The van der Waals surface area contributed by atoms with Gasteiger partial charge < -0.3 is 9.88 Å². The van der Waals surface area contributed by atoms with Crippen molar-refractivity contribution in [3.63, 3.8) is 0 Å². The standard InChI is InChI=1S/C13H15BrN2/c1-15-8-11-12(14)10-6-2-4-9-5-3-7-16(11)13(9)10/h2,4,6,15H,3,5,7-8H2,1H3. The lowest BCUT2D eigenvalue weighted by Crippen LogP contribution is -2.14. The van der Waals surface area contributed by atoms with E-state index in [1.165, 1.54) is 39.5 Å². The van der Waals surface area contributed by atoms with E-state index in [9.17, 15) is 0 Å². The molecule has 0 bridgehead atoms. The van der Waals surface area contributed by atoms with Gasteiger partial charge in [-0.15, -0.1) is 0 Å². The Morgan fingerprint density at radius 2 is 2.31 bits per heavy atom. The zero-order chi connectivity index (χ0) is 11.1. The van der Waals surface area contributed by atoms with Crippen molar-refractivity contribution in [3.05, 3.63) is 33.9 Å². The lowest BCUT2D eigenvalue weighted by molar-refractivity contribution is 0.597. The molecule has 2 heterocycles. The lowest BCUT2D eigenvalue weighted by Gasteiger charge is -2.17. The number of nitrogens with one attached hydrogen (secondary N) is 1. The molecule has 2 aromatic rings. The third-order valence-corrected chi connectivity index (χ3v) is 4.26. The van der Waals surface area contributed by atoms with Gasteiger partial charge in [0.1, 0.15) is 0 Å². The molecule has 0 aliphatic carbocycles. The van der Waals surface area contributed by atoms with Gasteiger partial charge in [-0.1, -0.05) is 18.2 Å². The van der Waals surface area contributed by atoms with E-state index in [1.54, 1.807) is 0 Å². The first-order valence-corrected chi connectivity index (χ1v) is 6.55. The van der Waals surface area contributed by atoms with Gasteiger partial charge in [0.2, 0.25) is 0 Å². The highest BCUT2D eigenvalue weighted by Gasteiger charge is 2.19. The van der Waals surface area contributed by atoms with Crippen molar-refractivity contribution in [2.24, 2.45) is 0 Å². The van der Waals surface area contributed by atoms with E-state index < -0.39 is 0 Å². The summed E-state index contributed by atoms with van der Waals surface area (Å²) in [4.78, 5) is 0. The summed E-state index contributed by atoms with van der Waals surface area (Å²) in [5.41, 5.74) is 4.31. The Labute approximate surface area is 104 Å². The van der Waals surface area contributed by atoms with Gasteiger partial charge in [0.25, 0.3) is 0 Å². The van der Waals surface area contributed by atoms with Crippen LogP contribution >= 0.6 is 15.9 Å². The molecule has 0 saturated carbocycles. The van der Waals surface area contributed by atoms with Crippen LogP contribution in [0.3, 0.4) is 0 Å². The second-order valence-corrected chi connectivity index (χ2v) is 5.15. The Kier molecular flexibility index (Phi) is 2.52. The number of aryl methyl sites for hydroxylation is 2. The molecule has 0 amide bonds. The smallest absolute Gasteiger partial charge is 0.0527 e. The Hall–Kier alpha value is -0.800. The Bertz CT molecular complexity index is 542. The second kappa shape index (κ2) is 3.90. The maximum Gasteiger partial charge on any atom is 0.0527 e. The number of aromatic nitrogens is 1.